The molecular weight excluding hydrogens is 248 g/mol. The molecule has 100 valence electrons. The van der Waals surface area contributed by atoms with Gasteiger partial charge in [0.2, 0.25) is 0 Å². The molecule has 0 atom stereocenters. The number of hydrogen-bond acceptors (Lipinski definition) is 5. The monoisotopic (exact) mass is 262 g/mol. The van der Waals surface area contributed by atoms with Gasteiger partial charge in [-0.1, -0.05) is 12.1 Å². The Bertz CT molecular complexity index is 594. The summed E-state index contributed by atoms with van der Waals surface area (Å²) in [5.74, 6) is 0.591. The van der Waals surface area contributed by atoms with Crippen LogP contribution in [0.4, 0.5) is 5.69 Å². The number of benzene rings is 1. The van der Waals surface area contributed by atoms with Crippen LogP contribution in [-0.4, -0.2) is 19.9 Å². The Kier molecular flexibility index (Phi) is 3.74. The third kappa shape index (κ3) is 3.06. The lowest BCUT2D eigenvalue weighted by Gasteiger charge is -2.06. The number of aryl methyl sites for hydroxylation is 2. The lowest BCUT2D eigenvalue weighted by atomic mass is 10.1. The third-order valence-electron chi connectivity index (χ3n) is 2.67. The molecule has 0 aliphatic carbocycles. The lowest BCUT2D eigenvalue weighted by molar-refractivity contribution is -0.385. The van der Waals surface area contributed by atoms with Gasteiger partial charge >= 0.3 is 0 Å². The number of rotatable bonds is 5. The van der Waals surface area contributed by atoms with Gasteiger partial charge in [0.05, 0.1) is 11.1 Å². The van der Waals surface area contributed by atoms with E-state index in [9.17, 15) is 10.1 Å². The van der Waals surface area contributed by atoms with Gasteiger partial charge in [-0.2, -0.15) is 0 Å². The summed E-state index contributed by atoms with van der Waals surface area (Å²) in [4.78, 5) is 10.4. The van der Waals surface area contributed by atoms with Crippen molar-refractivity contribution in [1.82, 2.24) is 15.0 Å². The Morgan fingerprint density at radius 1 is 1.47 bits per heavy atom. The molecule has 0 radical (unpaired) electrons. The third-order valence-corrected chi connectivity index (χ3v) is 2.67. The summed E-state index contributed by atoms with van der Waals surface area (Å²) in [6.45, 7) is 2.16. The average molecular weight is 262 g/mol. The van der Waals surface area contributed by atoms with Gasteiger partial charge in [0, 0.05) is 18.7 Å². The first kappa shape index (κ1) is 13.0. The van der Waals surface area contributed by atoms with Gasteiger partial charge in [-0.05, 0) is 18.6 Å². The molecule has 0 aliphatic rings. The molecule has 2 aromatic rings. The molecule has 0 bridgehead atoms. The molecule has 0 aliphatic heterocycles. The fraction of sp³-hybridized carbons (Fsp3) is 0.333. The molecule has 1 aromatic heterocycles. The average Bonchev–Trinajstić information content (AvgIpc) is 2.81. The number of nitrogens with zero attached hydrogens (tertiary/aromatic N) is 4. The van der Waals surface area contributed by atoms with E-state index in [1.54, 1.807) is 30.1 Å². The molecular formula is C12H14N4O3. The fourth-order valence-electron chi connectivity index (χ4n) is 1.73. The van der Waals surface area contributed by atoms with E-state index >= 15 is 0 Å². The minimum atomic E-state index is -0.384. The Balaban J connectivity index is 2.11. The minimum Gasteiger partial charge on any atom is -0.487 e. The zero-order valence-electron chi connectivity index (χ0n) is 10.7. The highest BCUT2D eigenvalue weighted by atomic mass is 16.6. The first-order valence-electron chi connectivity index (χ1n) is 5.85. The van der Waals surface area contributed by atoms with Crippen molar-refractivity contribution >= 4 is 5.69 Å². The van der Waals surface area contributed by atoms with Crippen LogP contribution in [0.15, 0.2) is 24.4 Å². The SMILES string of the molecule is CCc1cc(OCc2cn(C)nn2)ccc1[N+](=O)[O-]. The van der Waals surface area contributed by atoms with Crippen molar-refractivity contribution in [2.24, 2.45) is 7.05 Å². The molecule has 19 heavy (non-hydrogen) atoms. The minimum absolute atomic E-state index is 0.120. The van der Waals surface area contributed by atoms with E-state index < -0.39 is 0 Å². The maximum absolute atomic E-state index is 10.8. The van der Waals surface area contributed by atoms with Crippen molar-refractivity contribution in [3.63, 3.8) is 0 Å². The number of nitro benzene ring substituents is 1. The van der Waals surface area contributed by atoms with E-state index in [4.69, 9.17) is 4.74 Å². The maximum Gasteiger partial charge on any atom is 0.272 e. The van der Waals surface area contributed by atoms with Crippen molar-refractivity contribution in [3.05, 3.63) is 45.8 Å². The van der Waals surface area contributed by atoms with E-state index in [2.05, 4.69) is 10.3 Å². The van der Waals surface area contributed by atoms with Crippen molar-refractivity contribution in [3.8, 4) is 5.75 Å². The topological polar surface area (TPSA) is 83.1 Å². The van der Waals surface area contributed by atoms with Gasteiger partial charge in [0.1, 0.15) is 18.1 Å². The van der Waals surface area contributed by atoms with Crippen LogP contribution < -0.4 is 4.74 Å². The Labute approximate surface area is 110 Å². The summed E-state index contributed by atoms with van der Waals surface area (Å²) in [7, 11) is 1.78. The molecule has 1 aromatic carbocycles. The normalized spacial score (nSPS) is 10.4. The zero-order valence-corrected chi connectivity index (χ0v) is 10.7. The second-order valence-electron chi connectivity index (χ2n) is 4.07. The lowest BCUT2D eigenvalue weighted by Crippen LogP contribution is -1.99. The number of ether oxygens (including phenoxy) is 1. The van der Waals surface area contributed by atoms with Gasteiger partial charge in [-0.25, -0.2) is 0 Å². The predicted octanol–water partition coefficient (Wildman–Crippen LogP) is 1.86. The Morgan fingerprint density at radius 3 is 2.84 bits per heavy atom. The molecule has 0 amide bonds. The van der Waals surface area contributed by atoms with Crippen LogP contribution in [-0.2, 0) is 20.1 Å². The van der Waals surface area contributed by atoms with Gasteiger partial charge in [-0.3, -0.25) is 14.8 Å². The molecule has 7 heteroatoms. The molecule has 0 spiro atoms. The van der Waals surface area contributed by atoms with Crippen LogP contribution in [0.2, 0.25) is 0 Å². The second-order valence-corrected chi connectivity index (χ2v) is 4.07. The van der Waals surface area contributed by atoms with Crippen molar-refractivity contribution < 1.29 is 9.66 Å². The summed E-state index contributed by atoms with van der Waals surface area (Å²) in [6.07, 6.45) is 2.34. The molecule has 0 saturated carbocycles. The standard InChI is InChI=1S/C12H14N4O3/c1-3-9-6-11(4-5-12(9)16(17)18)19-8-10-7-15(2)14-13-10/h4-7H,3,8H2,1-2H3. The second kappa shape index (κ2) is 5.47. The number of hydrogen-bond donors (Lipinski definition) is 0. The molecule has 1 heterocycles. The van der Waals surface area contributed by atoms with Crippen molar-refractivity contribution in [1.29, 1.82) is 0 Å². The van der Waals surface area contributed by atoms with Crippen molar-refractivity contribution in [2.75, 3.05) is 0 Å². The highest BCUT2D eigenvalue weighted by Crippen LogP contribution is 2.24. The zero-order chi connectivity index (χ0) is 13.8. The number of nitro groups is 1. The van der Waals surface area contributed by atoms with Crippen LogP contribution in [0.1, 0.15) is 18.2 Å². The summed E-state index contributed by atoms with van der Waals surface area (Å²) < 4.78 is 7.13. The highest BCUT2D eigenvalue weighted by molar-refractivity contribution is 5.45. The van der Waals surface area contributed by atoms with E-state index in [1.807, 2.05) is 6.92 Å². The van der Waals surface area contributed by atoms with Gasteiger partial charge < -0.3 is 4.74 Å². The summed E-state index contributed by atoms with van der Waals surface area (Å²) >= 11 is 0. The fourth-order valence-corrected chi connectivity index (χ4v) is 1.73. The highest BCUT2D eigenvalue weighted by Gasteiger charge is 2.13. The van der Waals surface area contributed by atoms with E-state index in [0.717, 1.165) is 0 Å². The molecule has 0 unspecified atom stereocenters. The molecule has 7 nitrogen and oxygen atoms in total. The molecule has 0 fully saturated rings. The van der Waals surface area contributed by atoms with Gasteiger partial charge in [-0.15, -0.1) is 5.10 Å². The van der Waals surface area contributed by atoms with Crippen LogP contribution in [0.25, 0.3) is 0 Å². The van der Waals surface area contributed by atoms with E-state index in [1.165, 1.54) is 6.07 Å². The summed E-state index contributed by atoms with van der Waals surface area (Å²) in [5, 5.41) is 18.5. The van der Waals surface area contributed by atoms with E-state index in [-0.39, 0.29) is 17.2 Å². The maximum atomic E-state index is 10.8. The van der Waals surface area contributed by atoms with E-state index in [0.29, 0.717) is 23.4 Å². The van der Waals surface area contributed by atoms with Crippen LogP contribution >= 0.6 is 0 Å². The van der Waals surface area contributed by atoms with Crippen LogP contribution in [0.3, 0.4) is 0 Å². The van der Waals surface area contributed by atoms with Crippen LogP contribution in [0, 0.1) is 10.1 Å². The predicted molar refractivity (Wildman–Crippen MR) is 67.8 cm³/mol. The number of aromatic nitrogens is 3. The van der Waals surface area contributed by atoms with Gasteiger partial charge in [0.25, 0.3) is 5.69 Å². The first-order chi connectivity index (χ1) is 9.10. The molecule has 2 rings (SSSR count). The van der Waals surface area contributed by atoms with Crippen molar-refractivity contribution in [2.45, 2.75) is 20.0 Å². The molecule has 0 N–H and O–H groups in total. The first-order valence-corrected chi connectivity index (χ1v) is 5.85. The Morgan fingerprint density at radius 2 is 2.26 bits per heavy atom. The largest absolute Gasteiger partial charge is 0.487 e. The van der Waals surface area contributed by atoms with Gasteiger partial charge in [0.15, 0.2) is 0 Å². The summed E-state index contributed by atoms with van der Waals surface area (Å²) in [6, 6.07) is 4.74. The smallest absolute Gasteiger partial charge is 0.272 e. The quantitative estimate of drug-likeness (QED) is 0.606. The Hall–Kier alpha value is -2.44. The molecule has 0 saturated heterocycles. The van der Waals surface area contributed by atoms with Crippen LogP contribution in [0.5, 0.6) is 5.75 Å². The summed E-state index contributed by atoms with van der Waals surface area (Å²) in [5.41, 5.74) is 1.48.